The number of fused-ring (bicyclic) bond motifs is 6. The van der Waals surface area contributed by atoms with Crippen LogP contribution in [0.3, 0.4) is 0 Å². The van der Waals surface area contributed by atoms with E-state index < -0.39 is 0 Å². The summed E-state index contributed by atoms with van der Waals surface area (Å²) in [6.45, 7) is 8.71. The smallest absolute Gasteiger partial charge is 0.166 e. The standard InChI is InChI=1S/C61H45N5/c1-38-32-34-55-51(36-38)45-24-12-14-30-53(45)65(55)57-47(43-22-10-8-18-40(43)3)26-16-28-49(57)60-62-59(42-20-6-5-7-21-42)63-61(64-60)50-29-17-27-48(44-23-11-9-19-41(44)4)58(50)66-54-31-15-13-25-46(54)52-37-39(2)33-35-56(52)66/h5-37H,1-4H3. The fourth-order valence-corrected chi connectivity index (χ4v) is 10.1. The molecule has 3 heterocycles. The van der Waals surface area contributed by atoms with Gasteiger partial charge < -0.3 is 9.13 Å². The van der Waals surface area contributed by atoms with E-state index in [1.54, 1.807) is 0 Å². The average molecular weight is 848 g/mol. The molecule has 0 aliphatic carbocycles. The lowest BCUT2D eigenvalue weighted by Crippen LogP contribution is -2.07. The zero-order chi connectivity index (χ0) is 44.5. The monoisotopic (exact) mass is 847 g/mol. The van der Waals surface area contributed by atoms with Gasteiger partial charge in [0, 0.05) is 49.4 Å². The molecule has 66 heavy (non-hydrogen) atoms. The van der Waals surface area contributed by atoms with Crippen molar-refractivity contribution in [2.24, 2.45) is 0 Å². The molecule has 5 nitrogen and oxygen atoms in total. The molecule has 12 aromatic rings. The van der Waals surface area contributed by atoms with Gasteiger partial charge in [-0.05, 0) is 98.5 Å². The second kappa shape index (κ2) is 15.7. The summed E-state index contributed by atoms with van der Waals surface area (Å²) in [5.74, 6) is 1.78. The number of benzene rings is 9. The largest absolute Gasteiger partial charge is 0.308 e. The third-order valence-corrected chi connectivity index (χ3v) is 13.2. The Bertz CT molecular complexity index is 3640. The van der Waals surface area contributed by atoms with Crippen molar-refractivity contribution in [3.63, 3.8) is 0 Å². The van der Waals surface area contributed by atoms with Crippen LogP contribution in [0.5, 0.6) is 0 Å². The van der Waals surface area contributed by atoms with E-state index >= 15 is 0 Å². The molecule has 0 spiro atoms. The summed E-state index contributed by atoms with van der Waals surface area (Å²) in [5, 5.41) is 4.80. The first-order valence-electron chi connectivity index (χ1n) is 22.6. The molecule has 0 bridgehead atoms. The van der Waals surface area contributed by atoms with Crippen LogP contribution in [0.1, 0.15) is 22.3 Å². The SMILES string of the molecule is Cc1ccc2c(c1)c1ccccc1n2-c1c(-c2nc(-c3ccccc3)nc(-c3cccc(-c4ccccc4C)c3-n3c4ccccc4c4cc(C)ccc43)n2)cccc1-c1ccccc1C. The zero-order valence-electron chi connectivity index (χ0n) is 37.3. The first kappa shape index (κ1) is 39.2. The number of aryl methyl sites for hydroxylation is 4. The Morgan fingerprint density at radius 2 is 0.667 bits per heavy atom. The quantitative estimate of drug-likeness (QED) is 0.161. The Balaban J connectivity index is 1.22. The van der Waals surface area contributed by atoms with Crippen molar-refractivity contribution >= 4 is 43.6 Å². The molecule has 0 amide bonds. The summed E-state index contributed by atoms with van der Waals surface area (Å²) in [4.78, 5) is 16.6. The molecule has 0 atom stereocenters. The van der Waals surface area contributed by atoms with Gasteiger partial charge in [0.15, 0.2) is 17.5 Å². The third kappa shape index (κ3) is 6.34. The number of para-hydroxylation sites is 4. The zero-order valence-corrected chi connectivity index (χ0v) is 37.3. The molecule has 0 fully saturated rings. The van der Waals surface area contributed by atoms with Crippen molar-refractivity contribution in [3.05, 3.63) is 222 Å². The number of hydrogen-bond donors (Lipinski definition) is 0. The maximum atomic E-state index is 5.65. The Morgan fingerprint density at radius 1 is 0.288 bits per heavy atom. The third-order valence-electron chi connectivity index (χ3n) is 13.2. The van der Waals surface area contributed by atoms with Gasteiger partial charge in [-0.2, -0.15) is 0 Å². The minimum absolute atomic E-state index is 0.590. The van der Waals surface area contributed by atoms with Crippen molar-refractivity contribution in [1.82, 2.24) is 24.1 Å². The van der Waals surface area contributed by atoms with Crippen LogP contribution in [0.25, 0.3) is 111 Å². The van der Waals surface area contributed by atoms with Crippen LogP contribution < -0.4 is 0 Å². The van der Waals surface area contributed by atoms with E-state index in [9.17, 15) is 0 Å². The molecule has 0 saturated carbocycles. The summed E-state index contributed by atoms with van der Waals surface area (Å²) >= 11 is 0. The lowest BCUT2D eigenvalue weighted by Gasteiger charge is -2.21. The fourth-order valence-electron chi connectivity index (χ4n) is 10.1. The second-order valence-corrected chi connectivity index (χ2v) is 17.5. The van der Waals surface area contributed by atoms with Crippen LogP contribution in [0.2, 0.25) is 0 Å². The molecular weight excluding hydrogens is 803 g/mol. The molecule has 0 saturated heterocycles. The summed E-state index contributed by atoms with van der Waals surface area (Å²) in [6, 6.07) is 71.7. The van der Waals surface area contributed by atoms with Gasteiger partial charge in [-0.15, -0.1) is 0 Å². The first-order chi connectivity index (χ1) is 32.4. The maximum Gasteiger partial charge on any atom is 0.166 e. The maximum absolute atomic E-state index is 5.65. The first-order valence-corrected chi connectivity index (χ1v) is 22.6. The minimum atomic E-state index is 0.590. The van der Waals surface area contributed by atoms with Crippen molar-refractivity contribution in [1.29, 1.82) is 0 Å². The van der Waals surface area contributed by atoms with Gasteiger partial charge in [-0.25, -0.2) is 15.0 Å². The van der Waals surface area contributed by atoms with Gasteiger partial charge in [-0.1, -0.05) is 163 Å². The lowest BCUT2D eigenvalue weighted by molar-refractivity contribution is 1.06. The molecule has 0 radical (unpaired) electrons. The van der Waals surface area contributed by atoms with Gasteiger partial charge in [0.05, 0.1) is 33.4 Å². The highest BCUT2D eigenvalue weighted by Gasteiger charge is 2.26. The molecule has 0 unspecified atom stereocenters. The molecule has 314 valence electrons. The predicted octanol–water partition coefficient (Wildman–Crippen LogP) is 15.6. The summed E-state index contributed by atoms with van der Waals surface area (Å²) < 4.78 is 4.86. The van der Waals surface area contributed by atoms with Gasteiger partial charge in [-0.3, -0.25) is 0 Å². The Hall–Kier alpha value is -8.41. The van der Waals surface area contributed by atoms with Gasteiger partial charge in [0.25, 0.3) is 0 Å². The predicted molar refractivity (Wildman–Crippen MR) is 275 cm³/mol. The van der Waals surface area contributed by atoms with E-state index in [4.69, 9.17) is 15.0 Å². The number of aromatic nitrogens is 5. The van der Waals surface area contributed by atoms with Crippen LogP contribution in [-0.2, 0) is 0 Å². The van der Waals surface area contributed by atoms with Crippen LogP contribution in [0.15, 0.2) is 200 Å². The fraction of sp³-hybridized carbons (Fsp3) is 0.0656. The Labute approximate surface area is 384 Å². The van der Waals surface area contributed by atoms with E-state index in [0.717, 1.165) is 72.4 Å². The van der Waals surface area contributed by atoms with Gasteiger partial charge in [0.1, 0.15) is 0 Å². The number of nitrogens with zero attached hydrogens (tertiary/aromatic N) is 5. The van der Waals surface area contributed by atoms with Crippen LogP contribution >= 0.6 is 0 Å². The second-order valence-electron chi connectivity index (χ2n) is 17.5. The highest BCUT2D eigenvalue weighted by Crippen LogP contribution is 2.45. The molecule has 9 aromatic carbocycles. The molecule has 0 aliphatic heterocycles. The Morgan fingerprint density at radius 3 is 1.15 bits per heavy atom. The minimum Gasteiger partial charge on any atom is -0.308 e. The van der Waals surface area contributed by atoms with E-state index in [2.05, 4.69) is 219 Å². The summed E-state index contributed by atoms with van der Waals surface area (Å²) in [6.07, 6.45) is 0. The van der Waals surface area contributed by atoms with Crippen molar-refractivity contribution in [2.45, 2.75) is 27.7 Å². The van der Waals surface area contributed by atoms with Crippen LogP contribution in [0, 0.1) is 27.7 Å². The lowest BCUT2D eigenvalue weighted by atomic mass is 9.95. The van der Waals surface area contributed by atoms with Crippen LogP contribution in [0.4, 0.5) is 0 Å². The van der Waals surface area contributed by atoms with Crippen molar-refractivity contribution in [2.75, 3.05) is 0 Å². The topological polar surface area (TPSA) is 48.5 Å². The highest BCUT2D eigenvalue weighted by molar-refractivity contribution is 6.12. The van der Waals surface area contributed by atoms with E-state index in [1.807, 2.05) is 18.2 Å². The van der Waals surface area contributed by atoms with E-state index in [0.29, 0.717) is 17.5 Å². The van der Waals surface area contributed by atoms with E-state index in [-0.39, 0.29) is 0 Å². The highest BCUT2D eigenvalue weighted by atomic mass is 15.1. The van der Waals surface area contributed by atoms with Crippen molar-refractivity contribution < 1.29 is 0 Å². The molecule has 5 heteroatoms. The summed E-state index contributed by atoms with van der Waals surface area (Å²) in [5.41, 5.74) is 18.6. The van der Waals surface area contributed by atoms with E-state index in [1.165, 1.54) is 43.8 Å². The normalized spacial score (nSPS) is 11.6. The van der Waals surface area contributed by atoms with Gasteiger partial charge >= 0.3 is 0 Å². The molecule has 0 aliphatic rings. The van der Waals surface area contributed by atoms with Crippen molar-refractivity contribution in [3.8, 4) is 67.8 Å². The van der Waals surface area contributed by atoms with Crippen LogP contribution in [-0.4, -0.2) is 24.1 Å². The molecule has 0 N–H and O–H groups in total. The number of hydrogen-bond acceptors (Lipinski definition) is 3. The average Bonchev–Trinajstić information content (AvgIpc) is 3.85. The molecule has 3 aromatic heterocycles. The van der Waals surface area contributed by atoms with Gasteiger partial charge in [0.2, 0.25) is 0 Å². The molecule has 12 rings (SSSR count). The molecular formula is C61H45N5. The number of rotatable bonds is 7. The summed E-state index contributed by atoms with van der Waals surface area (Å²) in [7, 11) is 0. The Kier molecular flexibility index (Phi) is 9.32.